The van der Waals surface area contributed by atoms with Gasteiger partial charge in [-0.15, -0.1) is 0 Å². The molecule has 0 aromatic rings. The van der Waals surface area contributed by atoms with E-state index in [0.29, 0.717) is 18.4 Å². The Kier molecular flexibility index (Phi) is 11.4. The summed E-state index contributed by atoms with van der Waals surface area (Å²) in [6.45, 7) is 33.1. The van der Waals surface area contributed by atoms with Gasteiger partial charge in [-0.25, -0.2) is 4.79 Å². The molecule has 4 aliphatic carbocycles. The van der Waals surface area contributed by atoms with Crippen LogP contribution in [0.3, 0.4) is 0 Å². The van der Waals surface area contributed by atoms with E-state index < -0.39 is 16.6 Å². The first kappa shape index (κ1) is 37.6. The Morgan fingerprint density at radius 3 is 2.28 bits per heavy atom. The average molecular weight is 671 g/mol. The van der Waals surface area contributed by atoms with Crippen LogP contribution in [-0.4, -0.2) is 54.1 Å². The quantitative estimate of drug-likeness (QED) is 0.124. The normalized spacial score (nSPS) is 30.4. The fraction of sp³-hybridized carbons (Fsp3) is 0.769. The van der Waals surface area contributed by atoms with Gasteiger partial charge in [0.05, 0.1) is 24.9 Å². The number of hydrogen-bond donors (Lipinski definition) is 0. The molecular formula is C39H66O5Si2. The summed E-state index contributed by atoms with van der Waals surface area (Å²) in [6, 6.07) is 0. The van der Waals surface area contributed by atoms with E-state index in [1.807, 2.05) is 0 Å². The van der Waals surface area contributed by atoms with Crippen LogP contribution >= 0.6 is 0 Å². The lowest BCUT2D eigenvalue weighted by Crippen LogP contribution is -2.49. The molecule has 0 bridgehead atoms. The first-order chi connectivity index (χ1) is 21.1. The van der Waals surface area contributed by atoms with Crippen molar-refractivity contribution < 1.29 is 23.1 Å². The maximum Gasteiger partial charge on any atom is 0.332 e. The van der Waals surface area contributed by atoms with Crippen molar-refractivity contribution in [3.63, 3.8) is 0 Å². The fourth-order valence-corrected chi connectivity index (χ4v) is 9.74. The number of fused-ring (bicyclic) bond motifs is 1. The Bertz CT molecular complexity index is 1230. The monoisotopic (exact) mass is 670 g/mol. The van der Waals surface area contributed by atoms with Gasteiger partial charge >= 0.3 is 5.97 Å². The summed E-state index contributed by atoms with van der Waals surface area (Å²) < 4.78 is 25.6. The van der Waals surface area contributed by atoms with Gasteiger partial charge in [0.25, 0.3) is 0 Å². The lowest BCUT2D eigenvalue weighted by molar-refractivity contribution is -0.150. The van der Waals surface area contributed by atoms with E-state index in [0.717, 1.165) is 44.1 Å². The second-order valence-corrected chi connectivity index (χ2v) is 27.6. The van der Waals surface area contributed by atoms with Crippen molar-refractivity contribution in [3.05, 3.63) is 47.1 Å². The second kappa shape index (κ2) is 13.9. The Morgan fingerprint density at radius 1 is 1.04 bits per heavy atom. The topological polar surface area (TPSA) is 54.0 Å². The van der Waals surface area contributed by atoms with Crippen LogP contribution < -0.4 is 0 Å². The molecule has 0 aliphatic heterocycles. The molecule has 0 amide bonds. The largest absolute Gasteiger partial charge is 0.464 e. The van der Waals surface area contributed by atoms with Gasteiger partial charge in [-0.2, -0.15) is 0 Å². The predicted octanol–water partition coefficient (Wildman–Crippen LogP) is 10.5. The van der Waals surface area contributed by atoms with Crippen LogP contribution in [0.25, 0.3) is 0 Å². The maximum atomic E-state index is 12.3. The molecule has 0 saturated heterocycles. The molecule has 0 unspecified atom stereocenters. The zero-order valence-electron chi connectivity index (χ0n) is 31.4. The number of allylic oxidation sites excluding steroid dienone is 4. The molecule has 4 rings (SSSR count). The SMILES string of the molecule is C=C1C(=CC=C2CCC[C@]3(C)C([C@H](C)OCC(=O)OCC4CC4)=CC[C@@H]23)C[C@@H](O[Si](C)(C)C(C)(C)C)C[C@@H]1O[Si](C)(C)C(C)(C)C. The molecule has 0 spiro atoms. The Morgan fingerprint density at radius 2 is 1.67 bits per heavy atom. The van der Waals surface area contributed by atoms with E-state index in [1.54, 1.807) is 0 Å². The van der Waals surface area contributed by atoms with Gasteiger partial charge in [-0.3, -0.25) is 0 Å². The van der Waals surface area contributed by atoms with Gasteiger partial charge in [0.2, 0.25) is 0 Å². The lowest BCUT2D eigenvalue weighted by atomic mass is 9.63. The van der Waals surface area contributed by atoms with Crippen molar-refractivity contribution >= 4 is 22.6 Å². The highest BCUT2D eigenvalue weighted by molar-refractivity contribution is 6.74. The zero-order valence-corrected chi connectivity index (χ0v) is 33.4. The first-order valence-electron chi connectivity index (χ1n) is 18.1. The molecule has 3 fully saturated rings. The Labute approximate surface area is 283 Å². The fourth-order valence-electron chi connectivity index (χ4n) is 7.07. The molecule has 0 radical (unpaired) electrons. The summed E-state index contributed by atoms with van der Waals surface area (Å²) >= 11 is 0. The lowest BCUT2D eigenvalue weighted by Gasteiger charge is -2.45. The minimum Gasteiger partial charge on any atom is -0.464 e. The van der Waals surface area contributed by atoms with Crippen molar-refractivity contribution in [1.82, 2.24) is 0 Å². The van der Waals surface area contributed by atoms with E-state index in [2.05, 4.69) is 106 Å². The molecule has 0 N–H and O–H groups in total. The maximum absolute atomic E-state index is 12.3. The summed E-state index contributed by atoms with van der Waals surface area (Å²) in [5.74, 6) is 0.781. The van der Waals surface area contributed by atoms with Crippen LogP contribution in [-0.2, 0) is 23.1 Å². The summed E-state index contributed by atoms with van der Waals surface area (Å²) in [6.07, 6.45) is 15.8. The molecule has 5 atom stereocenters. The number of carbonyl (C=O) groups is 1. The van der Waals surface area contributed by atoms with Gasteiger partial charge in [-0.1, -0.05) is 78.8 Å². The molecule has 5 nitrogen and oxygen atoms in total. The molecule has 0 aromatic carbocycles. The zero-order chi connectivity index (χ0) is 34.3. The van der Waals surface area contributed by atoms with Crippen molar-refractivity contribution in [2.45, 2.75) is 161 Å². The third-order valence-corrected chi connectivity index (χ3v) is 21.4. The average Bonchev–Trinajstić information content (AvgIpc) is 3.69. The summed E-state index contributed by atoms with van der Waals surface area (Å²) in [5.41, 5.74) is 5.33. The van der Waals surface area contributed by atoms with Gasteiger partial charge in [-0.05, 0) is 122 Å². The van der Waals surface area contributed by atoms with Crippen LogP contribution in [0.5, 0.6) is 0 Å². The molecule has 7 heteroatoms. The van der Waals surface area contributed by atoms with Gasteiger partial charge in [0.15, 0.2) is 16.6 Å². The number of hydrogen-bond acceptors (Lipinski definition) is 5. The van der Waals surface area contributed by atoms with E-state index in [1.165, 1.54) is 29.6 Å². The van der Waals surface area contributed by atoms with Crippen LogP contribution in [0.4, 0.5) is 0 Å². The highest BCUT2D eigenvalue weighted by atomic mass is 28.4. The third-order valence-electron chi connectivity index (χ3n) is 12.4. The highest BCUT2D eigenvalue weighted by Gasteiger charge is 2.47. The van der Waals surface area contributed by atoms with Crippen molar-refractivity contribution in [2.75, 3.05) is 13.2 Å². The highest BCUT2D eigenvalue weighted by Crippen LogP contribution is 2.56. The van der Waals surface area contributed by atoms with E-state index in [9.17, 15) is 4.79 Å². The smallest absolute Gasteiger partial charge is 0.332 e. The second-order valence-electron chi connectivity index (χ2n) is 18.1. The molecule has 0 aromatic heterocycles. The number of esters is 1. The summed E-state index contributed by atoms with van der Waals surface area (Å²) in [4.78, 5) is 12.3. The summed E-state index contributed by atoms with van der Waals surface area (Å²) in [5, 5.41) is 0.282. The molecule has 0 heterocycles. The Balaban J connectivity index is 1.51. The summed E-state index contributed by atoms with van der Waals surface area (Å²) in [7, 11) is -3.96. The van der Waals surface area contributed by atoms with Gasteiger partial charge in [0, 0.05) is 6.42 Å². The number of rotatable bonds is 11. The molecule has 46 heavy (non-hydrogen) atoms. The van der Waals surface area contributed by atoms with Crippen LogP contribution in [0, 0.1) is 17.3 Å². The molecular weight excluding hydrogens is 605 g/mol. The minimum absolute atomic E-state index is 0.0144. The minimum atomic E-state index is -2.01. The van der Waals surface area contributed by atoms with Crippen LogP contribution in [0.15, 0.2) is 47.1 Å². The van der Waals surface area contributed by atoms with Gasteiger partial charge in [0.1, 0.15) is 6.61 Å². The molecule has 3 saturated carbocycles. The van der Waals surface area contributed by atoms with Crippen molar-refractivity contribution in [3.8, 4) is 0 Å². The third kappa shape index (κ3) is 8.66. The van der Waals surface area contributed by atoms with Crippen LogP contribution in [0.2, 0.25) is 36.3 Å². The molecule has 260 valence electrons. The van der Waals surface area contributed by atoms with Crippen molar-refractivity contribution in [1.29, 1.82) is 0 Å². The molecule has 4 aliphatic rings. The predicted molar refractivity (Wildman–Crippen MR) is 196 cm³/mol. The van der Waals surface area contributed by atoms with Crippen molar-refractivity contribution in [2.24, 2.45) is 17.3 Å². The van der Waals surface area contributed by atoms with E-state index in [-0.39, 0.29) is 46.4 Å². The van der Waals surface area contributed by atoms with E-state index >= 15 is 0 Å². The standard InChI is InChI=1S/C39H66O5Si2/c1-27-31(23-32(43-45(10,11)37(3,4)5)24-35(27)44-46(12,13)38(6,7)8)19-18-30-15-14-22-39(9)33(20-21-34(30)39)28(2)41-26-36(40)42-25-29-16-17-29/h18-20,28-29,32,34-35H,1,14-17,21-26H2,2-13H3/t28-,32+,34-,35-,39+/m0/s1. The first-order valence-corrected chi connectivity index (χ1v) is 23.9. The number of carbonyl (C=O) groups excluding carboxylic acids is 1. The Hall–Kier alpha value is -1.26. The van der Waals surface area contributed by atoms with E-state index in [4.69, 9.17) is 18.3 Å². The van der Waals surface area contributed by atoms with Crippen LogP contribution in [0.1, 0.15) is 107 Å². The number of ether oxygens (including phenoxy) is 2. The van der Waals surface area contributed by atoms with Gasteiger partial charge < -0.3 is 18.3 Å².